The van der Waals surface area contributed by atoms with Crippen LogP contribution < -0.4 is 10.1 Å². The highest BCUT2D eigenvalue weighted by molar-refractivity contribution is 5.53. The van der Waals surface area contributed by atoms with Gasteiger partial charge in [-0.05, 0) is 57.0 Å². The summed E-state index contributed by atoms with van der Waals surface area (Å²) in [5.41, 5.74) is 4.90. The van der Waals surface area contributed by atoms with E-state index in [9.17, 15) is 5.11 Å². The molecule has 0 fully saturated rings. The van der Waals surface area contributed by atoms with Crippen molar-refractivity contribution in [3.8, 4) is 11.5 Å². The average Bonchev–Trinajstić information content (AvgIpc) is 2.41. The molecule has 4 nitrogen and oxygen atoms in total. The Morgan fingerprint density at radius 1 is 1.19 bits per heavy atom. The van der Waals surface area contributed by atoms with Gasteiger partial charge in [0, 0.05) is 11.7 Å². The van der Waals surface area contributed by atoms with E-state index < -0.39 is 0 Å². The van der Waals surface area contributed by atoms with Crippen LogP contribution in [0.15, 0.2) is 24.3 Å². The number of pyridine rings is 1. The standard InChI is InChI=1S/C17H22N2O2/c1-10-8-14(9-16(20)17(10)21-5)12(3)19-15-7-6-11(2)18-13(15)4/h6-9,12,19-20H,1-5H3. The van der Waals surface area contributed by atoms with Crippen LogP contribution in [0.5, 0.6) is 11.5 Å². The summed E-state index contributed by atoms with van der Waals surface area (Å²) in [5, 5.41) is 13.4. The first kappa shape index (κ1) is 15.2. The smallest absolute Gasteiger partial charge is 0.163 e. The lowest BCUT2D eigenvalue weighted by molar-refractivity contribution is 0.370. The van der Waals surface area contributed by atoms with Crippen LogP contribution in [0.3, 0.4) is 0 Å². The van der Waals surface area contributed by atoms with E-state index >= 15 is 0 Å². The molecule has 0 bridgehead atoms. The third-order valence-corrected chi connectivity index (χ3v) is 3.58. The van der Waals surface area contributed by atoms with Crippen molar-refractivity contribution >= 4 is 5.69 Å². The SMILES string of the molecule is COc1c(C)cc(C(C)Nc2ccc(C)nc2C)cc1O. The van der Waals surface area contributed by atoms with E-state index in [0.717, 1.165) is 28.2 Å². The van der Waals surface area contributed by atoms with E-state index in [-0.39, 0.29) is 11.8 Å². The Hall–Kier alpha value is -2.23. The van der Waals surface area contributed by atoms with E-state index in [1.54, 1.807) is 13.2 Å². The van der Waals surface area contributed by atoms with Gasteiger partial charge in [-0.3, -0.25) is 4.98 Å². The number of phenols is 1. The second-order valence-electron chi connectivity index (χ2n) is 5.34. The zero-order valence-electron chi connectivity index (χ0n) is 13.2. The van der Waals surface area contributed by atoms with Crippen molar-refractivity contribution in [2.45, 2.75) is 33.7 Å². The lowest BCUT2D eigenvalue weighted by Gasteiger charge is -2.19. The molecule has 0 radical (unpaired) electrons. The number of aromatic hydroxyl groups is 1. The summed E-state index contributed by atoms with van der Waals surface area (Å²) >= 11 is 0. The van der Waals surface area contributed by atoms with E-state index in [4.69, 9.17) is 4.74 Å². The van der Waals surface area contributed by atoms with Crippen LogP contribution in [0.25, 0.3) is 0 Å². The second-order valence-corrected chi connectivity index (χ2v) is 5.34. The Kier molecular flexibility index (Phi) is 4.36. The van der Waals surface area contributed by atoms with Crippen LogP contribution in [0.4, 0.5) is 5.69 Å². The van der Waals surface area contributed by atoms with E-state index in [2.05, 4.69) is 17.2 Å². The summed E-state index contributed by atoms with van der Waals surface area (Å²) in [6.45, 7) is 7.94. The fourth-order valence-corrected chi connectivity index (χ4v) is 2.45. The largest absolute Gasteiger partial charge is 0.504 e. The van der Waals surface area contributed by atoms with Crippen molar-refractivity contribution in [3.63, 3.8) is 0 Å². The number of benzene rings is 1. The predicted molar refractivity (Wildman–Crippen MR) is 85.1 cm³/mol. The molecular weight excluding hydrogens is 264 g/mol. The Morgan fingerprint density at radius 3 is 2.48 bits per heavy atom. The number of nitrogens with one attached hydrogen (secondary N) is 1. The lowest BCUT2D eigenvalue weighted by atomic mass is 10.0. The lowest BCUT2D eigenvalue weighted by Crippen LogP contribution is -2.09. The number of nitrogens with zero attached hydrogens (tertiary/aromatic N) is 1. The summed E-state index contributed by atoms with van der Waals surface area (Å²) in [5.74, 6) is 0.694. The zero-order chi connectivity index (χ0) is 15.6. The van der Waals surface area contributed by atoms with Crippen LogP contribution >= 0.6 is 0 Å². The Morgan fingerprint density at radius 2 is 1.90 bits per heavy atom. The van der Waals surface area contributed by atoms with Gasteiger partial charge < -0.3 is 15.2 Å². The minimum Gasteiger partial charge on any atom is -0.504 e. The van der Waals surface area contributed by atoms with E-state index in [1.165, 1.54) is 0 Å². The number of methoxy groups -OCH3 is 1. The van der Waals surface area contributed by atoms with Gasteiger partial charge in [0.05, 0.1) is 18.5 Å². The molecule has 0 amide bonds. The molecule has 0 aliphatic rings. The first-order valence-corrected chi connectivity index (χ1v) is 7.00. The van der Waals surface area contributed by atoms with Gasteiger partial charge in [0.25, 0.3) is 0 Å². The summed E-state index contributed by atoms with van der Waals surface area (Å²) in [6.07, 6.45) is 0. The van der Waals surface area contributed by atoms with Crippen molar-refractivity contribution < 1.29 is 9.84 Å². The highest BCUT2D eigenvalue weighted by atomic mass is 16.5. The number of anilines is 1. The van der Waals surface area contributed by atoms with E-state index in [0.29, 0.717) is 5.75 Å². The van der Waals surface area contributed by atoms with Crippen LogP contribution in [0, 0.1) is 20.8 Å². The number of rotatable bonds is 4. The topological polar surface area (TPSA) is 54.4 Å². The minimum absolute atomic E-state index is 0.0590. The number of hydrogen-bond donors (Lipinski definition) is 2. The van der Waals surface area contributed by atoms with Crippen LogP contribution in [0.1, 0.15) is 35.5 Å². The number of aromatic nitrogens is 1. The van der Waals surface area contributed by atoms with Gasteiger partial charge in [-0.1, -0.05) is 6.07 Å². The molecule has 0 saturated heterocycles. The fourth-order valence-electron chi connectivity index (χ4n) is 2.45. The molecule has 1 aromatic heterocycles. The monoisotopic (exact) mass is 286 g/mol. The molecule has 0 aliphatic carbocycles. The normalized spacial score (nSPS) is 12.0. The van der Waals surface area contributed by atoms with Crippen molar-refractivity contribution in [3.05, 3.63) is 46.8 Å². The summed E-state index contributed by atoms with van der Waals surface area (Å²) in [4.78, 5) is 4.45. The molecule has 112 valence electrons. The van der Waals surface area contributed by atoms with Gasteiger partial charge in [-0.2, -0.15) is 0 Å². The number of aryl methyl sites for hydroxylation is 3. The highest BCUT2D eigenvalue weighted by Gasteiger charge is 2.13. The summed E-state index contributed by atoms with van der Waals surface area (Å²) < 4.78 is 5.18. The maximum atomic E-state index is 10.0. The molecular formula is C17H22N2O2. The van der Waals surface area contributed by atoms with Gasteiger partial charge in [-0.25, -0.2) is 0 Å². The predicted octanol–water partition coefficient (Wildman–Crippen LogP) is 3.89. The maximum absolute atomic E-state index is 10.0. The van der Waals surface area contributed by atoms with Crippen molar-refractivity contribution in [2.24, 2.45) is 0 Å². The van der Waals surface area contributed by atoms with Gasteiger partial charge in [0.2, 0.25) is 0 Å². The molecule has 1 unspecified atom stereocenters. The van der Waals surface area contributed by atoms with Crippen LogP contribution in [-0.2, 0) is 0 Å². The zero-order valence-corrected chi connectivity index (χ0v) is 13.2. The Balaban J connectivity index is 2.26. The Bertz CT molecular complexity index is 630. The molecule has 1 atom stereocenters. The minimum atomic E-state index is 0.0590. The van der Waals surface area contributed by atoms with Gasteiger partial charge >= 0.3 is 0 Å². The summed E-state index contributed by atoms with van der Waals surface area (Å²) in [6, 6.07) is 7.83. The molecule has 0 aliphatic heterocycles. The molecule has 4 heteroatoms. The maximum Gasteiger partial charge on any atom is 0.163 e. The molecule has 1 aromatic carbocycles. The first-order valence-electron chi connectivity index (χ1n) is 7.00. The van der Waals surface area contributed by atoms with E-state index in [1.807, 2.05) is 39.0 Å². The van der Waals surface area contributed by atoms with Gasteiger partial charge in [0.1, 0.15) is 0 Å². The quantitative estimate of drug-likeness (QED) is 0.895. The van der Waals surface area contributed by atoms with Crippen molar-refractivity contribution in [2.75, 3.05) is 12.4 Å². The van der Waals surface area contributed by atoms with Gasteiger partial charge in [0.15, 0.2) is 11.5 Å². The molecule has 21 heavy (non-hydrogen) atoms. The van der Waals surface area contributed by atoms with Crippen molar-refractivity contribution in [1.82, 2.24) is 4.98 Å². The molecule has 0 saturated carbocycles. The molecule has 0 spiro atoms. The molecule has 2 aromatic rings. The van der Waals surface area contributed by atoms with Crippen LogP contribution in [0.2, 0.25) is 0 Å². The number of ether oxygens (including phenoxy) is 1. The highest BCUT2D eigenvalue weighted by Crippen LogP contribution is 2.34. The number of hydrogen-bond acceptors (Lipinski definition) is 4. The van der Waals surface area contributed by atoms with Crippen LogP contribution in [-0.4, -0.2) is 17.2 Å². The second kappa shape index (κ2) is 6.04. The molecule has 2 rings (SSSR count). The third kappa shape index (κ3) is 3.27. The Labute approximate surface area is 125 Å². The fraction of sp³-hybridized carbons (Fsp3) is 0.353. The molecule has 2 N–H and O–H groups in total. The number of phenolic OH excluding ortho intramolecular Hbond substituents is 1. The first-order chi connectivity index (χ1) is 9.92. The van der Waals surface area contributed by atoms with Gasteiger partial charge in [-0.15, -0.1) is 0 Å². The average molecular weight is 286 g/mol. The third-order valence-electron chi connectivity index (χ3n) is 3.58. The summed E-state index contributed by atoms with van der Waals surface area (Å²) in [7, 11) is 1.56. The van der Waals surface area contributed by atoms with Crippen molar-refractivity contribution in [1.29, 1.82) is 0 Å². The molecule has 1 heterocycles.